The minimum atomic E-state index is -4.16. The second-order valence-corrected chi connectivity index (χ2v) is 9.07. The van der Waals surface area contributed by atoms with Gasteiger partial charge in [-0.1, -0.05) is 29.8 Å². The number of benzene rings is 3. The molecule has 0 atom stereocenters. The van der Waals surface area contributed by atoms with Crippen LogP contribution in [0.4, 0.5) is 10.1 Å². The van der Waals surface area contributed by atoms with Crippen molar-refractivity contribution in [1.29, 1.82) is 0 Å². The molecule has 34 heavy (non-hydrogen) atoms. The summed E-state index contributed by atoms with van der Waals surface area (Å²) in [6.07, 6.45) is 1.32. The van der Waals surface area contributed by atoms with Crippen LogP contribution >= 0.6 is 0 Å². The fourth-order valence-electron chi connectivity index (χ4n) is 3.02. The van der Waals surface area contributed by atoms with E-state index in [0.717, 1.165) is 9.87 Å². The maximum Gasteiger partial charge on any atom is 0.264 e. The van der Waals surface area contributed by atoms with Gasteiger partial charge in [0.25, 0.3) is 15.9 Å². The zero-order valence-electron chi connectivity index (χ0n) is 18.9. The Morgan fingerprint density at radius 3 is 2.32 bits per heavy atom. The van der Waals surface area contributed by atoms with Crippen LogP contribution < -0.4 is 19.2 Å². The standard InChI is InChI=1S/C24H24FN3O5S/c1-17-4-11-21(12-5-17)34(30,31)28(22-14-20(32-2)10-13-23(22)33-3)16-24(29)27-26-15-18-6-8-19(25)9-7-18/h4-15H,16H2,1-3H3,(H,27,29)/b26-15-. The molecule has 3 rings (SSSR count). The van der Waals surface area contributed by atoms with Gasteiger partial charge in [0.05, 0.1) is 31.0 Å². The molecule has 3 aromatic carbocycles. The summed E-state index contributed by atoms with van der Waals surface area (Å²) < 4.78 is 51.7. The summed E-state index contributed by atoms with van der Waals surface area (Å²) in [5.74, 6) is -0.474. The number of aryl methyl sites for hydroxylation is 1. The fourth-order valence-corrected chi connectivity index (χ4v) is 4.45. The van der Waals surface area contributed by atoms with E-state index in [2.05, 4.69) is 10.5 Å². The highest BCUT2D eigenvalue weighted by atomic mass is 32.2. The summed E-state index contributed by atoms with van der Waals surface area (Å²) in [4.78, 5) is 12.7. The van der Waals surface area contributed by atoms with Gasteiger partial charge in [-0.3, -0.25) is 9.10 Å². The number of rotatable bonds is 9. The number of ether oxygens (including phenoxy) is 2. The van der Waals surface area contributed by atoms with Gasteiger partial charge >= 0.3 is 0 Å². The molecular weight excluding hydrogens is 461 g/mol. The van der Waals surface area contributed by atoms with E-state index in [1.807, 2.05) is 6.92 Å². The van der Waals surface area contributed by atoms with Crippen molar-refractivity contribution in [1.82, 2.24) is 5.43 Å². The number of halogens is 1. The molecule has 1 amide bonds. The number of hydrogen-bond acceptors (Lipinski definition) is 6. The van der Waals surface area contributed by atoms with E-state index < -0.39 is 28.3 Å². The zero-order valence-corrected chi connectivity index (χ0v) is 19.7. The maximum absolute atomic E-state index is 13.6. The highest BCUT2D eigenvalue weighted by Gasteiger charge is 2.30. The van der Waals surface area contributed by atoms with Crippen molar-refractivity contribution in [2.45, 2.75) is 11.8 Å². The van der Waals surface area contributed by atoms with Gasteiger partial charge < -0.3 is 9.47 Å². The molecule has 0 aromatic heterocycles. The van der Waals surface area contributed by atoms with Crippen molar-refractivity contribution in [2.24, 2.45) is 5.10 Å². The number of methoxy groups -OCH3 is 2. The van der Waals surface area contributed by atoms with Crippen LogP contribution in [0.15, 0.2) is 76.7 Å². The summed E-state index contributed by atoms with van der Waals surface area (Å²) in [5, 5.41) is 3.84. The molecule has 0 spiro atoms. The first-order valence-electron chi connectivity index (χ1n) is 10.1. The number of carbonyl (C=O) groups is 1. The van der Waals surface area contributed by atoms with Crippen LogP contribution in [0.2, 0.25) is 0 Å². The van der Waals surface area contributed by atoms with Crippen LogP contribution in [0, 0.1) is 12.7 Å². The molecule has 0 saturated carbocycles. The first-order valence-corrected chi connectivity index (χ1v) is 11.6. The Labute approximate surface area is 197 Å². The van der Waals surface area contributed by atoms with Crippen molar-refractivity contribution >= 4 is 27.8 Å². The fraction of sp³-hybridized carbons (Fsp3) is 0.167. The van der Waals surface area contributed by atoms with Gasteiger partial charge in [0.2, 0.25) is 0 Å². The molecule has 3 aromatic rings. The van der Waals surface area contributed by atoms with Gasteiger partial charge in [-0.25, -0.2) is 18.2 Å². The van der Waals surface area contributed by atoms with Crippen LogP contribution in [0.5, 0.6) is 11.5 Å². The minimum Gasteiger partial charge on any atom is -0.497 e. The van der Waals surface area contributed by atoms with Crippen LogP contribution in [0.1, 0.15) is 11.1 Å². The molecule has 0 saturated heterocycles. The van der Waals surface area contributed by atoms with Gasteiger partial charge in [0.1, 0.15) is 23.9 Å². The first-order chi connectivity index (χ1) is 16.2. The highest BCUT2D eigenvalue weighted by Crippen LogP contribution is 2.35. The second kappa shape index (κ2) is 10.8. The molecule has 10 heteroatoms. The molecule has 0 aliphatic heterocycles. The number of hydrogen-bond donors (Lipinski definition) is 1. The lowest BCUT2D eigenvalue weighted by molar-refractivity contribution is -0.119. The van der Waals surface area contributed by atoms with Crippen molar-refractivity contribution < 1.29 is 27.1 Å². The molecule has 0 aliphatic rings. The minimum absolute atomic E-state index is 0.00517. The highest BCUT2D eigenvalue weighted by molar-refractivity contribution is 7.92. The topological polar surface area (TPSA) is 97.3 Å². The predicted molar refractivity (Wildman–Crippen MR) is 127 cm³/mol. The zero-order chi connectivity index (χ0) is 24.7. The molecule has 8 nitrogen and oxygen atoms in total. The maximum atomic E-state index is 13.6. The Morgan fingerprint density at radius 1 is 1.03 bits per heavy atom. The lowest BCUT2D eigenvalue weighted by atomic mass is 10.2. The molecule has 1 N–H and O–H groups in total. The third kappa shape index (κ3) is 5.90. The SMILES string of the molecule is COc1ccc(OC)c(N(CC(=O)N/N=C\c2ccc(F)cc2)S(=O)(=O)c2ccc(C)cc2)c1. The lowest BCUT2D eigenvalue weighted by Crippen LogP contribution is -2.39. The summed E-state index contributed by atoms with van der Waals surface area (Å²) in [6, 6.07) is 16.4. The third-order valence-electron chi connectivity index (χ3n) is 4.82. The molecule has 0 heterocycles. The van der Waals surface area contributed by atoms with Crippen LogP contribution in [0.25, 0.3) is 0 Å². The Bertz CT molecular complexity index is 1280. The van der Waals surface area contributed by atoms with Gasteiger partial charge in [-0.05, 0) is 48.9 Å². The Kier molecular flexibility index (Phi) is 7.85. The first kappa shape index (κ1) is 24.7. The average molecular weight is 486 g/mol. The van der Waals surface area contributed by atoms with Gasteiger partial charge in [0, 0.05) is 6.07 Å². The summed E-state index contributed by atoms with van der Waals surface area (Å²) in [7, 11) is -1.32. The van der Waals surface area contributed by atoms with E-state index in [-0.39, 0.29) is 16.3 Å². The van der Waals surface area contributed by atoms with Gasteiger partial charge in [-0.15, -0.1) is 0 Å². The van der Waals surface area contributed by atoms with E-state index in [4.69, 9.17) is 9.47 Å². The van der Waals surface area contributed by atoms with E-state index in [0.29, 0.717) is 11.3 Å². The van der Waals surface area contributed by atoms with Crippen molar-refractivity contribution in [2.75, 3.05) is 25.1 Å². The van der Waals surface area contributed by atoms with Gasteiger partial charge in [0.15, 0.2) is 0 Å². The molecule has 0 aliphatic carbocycles. The monoisotopic (exact) mass is 485 g/mol. The van der Waals surface area contributed by atoms with Crippen molar-refractivity contribution in [3.8, 4) is 11.5 Å². The molecule has 0 radical (unpaired) electrons. The molecule has 178 valence electrons. The largest absolute Gasteiger partial charge is 0.497 e. The number of nitrogens with one attached hydrogen (secondary N) is 1. The second-order valence-electron chi connectivity index (χ2n) is 7.21. The Hall–Kier alpha value is -3.92. The molecular formula is C24H24FN3O5S. The quantitative estimate of drug-likeness (QED) is 0.370. The summed E-state index contributed by atoms with van der Waals surface area (Å²) in [5.41, 5.74) is 3.87. The predicted octanol–water partition coefficient (Wildman–Crippen LogP) is 3.50. The van der Waals surface area contributed by atoms with Gasteiger partial charge in [-0.2, -0.15) is 5.10 Å². The number of sulfonamides is 1. The van der Waals surface area contributed by atoms with E-state index in [9.17, 15) is 17.6 Å². The van der Waals surface area contributed by atoms with Crippen LogP contribution in [0.3, 0.4) is 0 Å². The van der Waals surface area contributed by atoms with Crippen LogP contribution in [-0.4, -0.2) is 41.3 Å². The molecule has 0 fully saturated rings. The Balaban J connectivity index is 1.94. The van der Waals surface area contributed by atoms with E-state index in [1.165, 1.54) is 62.9 Å². The summed E-state index contributed by atoms with van der Waals surface area (Å²) >= 11 is 0. The van der Waals surface area contributed by atoms with Crippen molar-refractivity contribution in [3.05, 3.63) is 83.7 Å². The number of anilines is 1. The smallest absolute Gasteiger partial charge is 0.264 e. The van der Waals surface area contributed by atoms with E-state index >= 15 is 0 Å². The normalized spacial score (nSPS) is 11.3. The summed E-state index contributed by atoms with van der Waals surface area (Å²) in [6.45, 7) is 1.26. The molecule has 0 unspecified atom stereocenters. The average Bonchev–Trinajstić information content (AvgIpc) is 2.83. The number of nitrogens with zero attached hydrogens (tertiary/aromatic N) is 2. The number of amides is 1. The lowest BCUT2D eigenvalue weighted by Gasteiger charge is -2.25. The van der Waals surface area contributed by atoms with Crippen LogP contribution in [-0.2, 0) is 14.8 Å². The number of hydrazone groups is 1. The van der Waals surface area contributed by atoms with Crippen molar-refractivity contribution in [3.63, 3.8) is 0 Å². The third-order valence-corrected chi connectivity index (χ3v) is 6.60. The molecule has 0 bridgehead atoms. The Morgan fingerprint density at radius 2 is 1.71 bits per heavy atom. The number of carbonyl (C=O) groups excluding carboxylic acids is 1. The van der Waals surface area contributed by atoms with E-state index in [1.54, 1.807) is 24.3 Å².